The van der Waals surface area contributed by atoms with Gasteiger partial charge < -0.3 is 10.5 Å². The van der Waals surface area contributed by atoms with Crippen molar-refractivity contribution in [3.8, 4) is 5.75 Å². The quantitative estimate of drug-likeness (QED) is 0.452. The molecular weight excluding hydrogens is 486 g/mol. The molecule has 36 heavy (non-hydrogen) atoms. The zero-order chi connectivity index (χ0) is 26.0. The third-order valence-corrected chi connectivity index (χ3v) is 7.47. The summed E-state index contributed by atoms with van der Waals surface area (Å²) < 4.78 is 35.4. The topological polar surface area (TPSA) is 72.6 Å². The highest BCUT2D eigenvalue weighted by atomic mass is 35.5. The van der Waals surface area contributed by atoms with Crippen molar-refractivity contribution in [2.24, 2.45) is 5.73 Å². The SMILES string of the molecule is CC(C)(c1ccc(F)cc1)N(C(=O)C1=C(C(N)=O)CCCC1)c1cc(OC2CCCC2)c(Cl)cc1F. The van der Waals surface area contributed by atoms with E-state index in [1.54, 1.807) is 26.0 Å². The molecule has 1 saturated carbocycles. The van der Waals surface area contributed by atoms with Crippen LogP contribution in [0.15, 0.2) is 47.5 Å². The molecule has 5 nitrogen and oxygen atoms in total. The average Bonchev–Trinajstić information content (AvgIpc) is 3.35. The summed E-state index contributed by atoms with van der Waals surface area (Å²) in [5.74, 6) is -2.02. The van der Waals surface area contributed by atoms with Crippen molar-refractivity contribution in [2.75, 3.05) is 4.90 Å². The van der Waals surface area contributed by atoms with Gasteiger partial charge in [-0.25, -0.2) is 8.78 Å². The Morgan fingerprint density at radius 1 is 1.00 bits per heavy atom. The van der Waals surface area contributed by atoms with E-state index in [9.17, 15) is 14.0 Å². The van der Waals surface area contributed by atoms with E-state index in [4.69, 9.17) is 22.1 Å². The Labute approximate surface area is 215 Å². The van der Waals surface area contributed by atoms with Crippen LogP contribution in [0.5, 0.6) is 5.75 Å². The molecule has 2 N–H and O–H groups in total. The fourth-order valence-electron chi connectivity index (χ4n) is 5.17. The third kappa shape index (κ3) is 5.26. The molecule has 0 radical (unpaired) electrons. The number of halogens is 3. The van der Waals surface area contributed by atoms with Crippen LogP contribution in [-0.2, 0) is 15.1 Å². The fourth-order valence-corrected chi connectivity index (χ4v) is 5.36. The molecule has 0 heterocycles. The molecule has 0 bridgehead atoms. The second-order valence-electron chi connectivity index (χ2n) is 9.99. The Kier molecular flexibility index (Phi) is 7.69. The number of primary amides is 1. The van der Waals surface area contributed by atoms with E-state index in [0.717, 1.165) is 38.2 Å². The number of carbonyl (C=O) groups excluding carboxylic acids is 2. The first-order valence-electron chi connectivity index (χ1n) is 12.4. The molecule has 192 valence electrons. The number of hydrogen-bond acceptors (Lipinski definition) is 3. The molecule has 1 fully saturated rings. The maximum atomic E-state index is 15.6. The van der Waals surface area contributed by atoms with Gasteiger partial charge in [-0.1, -0.05) is 23.7 Å². The van der Waals surface area contributed by atoms with Crippen molar-refractivity contribution in [2.45, 2.75) is 76.9 Å². The van der Waals surface area contributed by atoms with Gasteiger partial charge in [0.15, 0.2) is 0 Å². The molecule has 8 heteroatoms. The molecule has 0 aromatic heterocycles. The molecular formula is C28H31ClF2N2O3. The summed E-state index contributed by atoms with van der Waals surface area (Å²) in [6.07, 6.45) is 6.01. The van der Waals surface area contributed by atoms with Crippen LogP contribution >= 0.6 is 11.6 Å². The number of hydrogen-bond donors (Lipinski definition) is 1. The summed E-state index contributed by atoms with van der Waals surface area (Å²) in [7, 11) is 0. The Bertz CT molecular complexity index is 1190. The highest BCUT2D eigenvalue weighted by Crippen LogP contribution is 2.42. The van der Waals surface area contributed by atoms with Gasteiger partial charge >= 0.3 is 0 Å². The van der Waals surface area contributed by atoms with E-state index >= 15 is 4.39 Å². The van der Waals surface area contributed by atoms with Gasteiger partial charge in [0, 0.05) is 17.2 Å². The van der Waals surface area contributed by atoms with Crippen LogP contribution in [0, 0.1) is 11.6 Å². The van der Waals surface area contributed by atoms with Gasteiger partial charge in [-0.15, -0.1) is 0 Å². The molecule has 2 amide bonds. The van der Waals surface area contributed by atoms with Gasteiger partial charge in [-0.05, 0) is 89.0 Å². The summed E-state index contributed by atoms with van der Waals surface area (Å²) in [6, 6.07) is 8.30. The van der Waals surface area contributed by atoms with Crippen molar-refractivity contribution < 1.29 is 23.1 Å². The lowest BCUT2D eigenvalue weighted by Gasteiger charge is -2.40. The van der Waals surface area contributed by atoms with Crippen LogP contribution in [-0.4, -0.2) is 17.9 Å². The van der Waals surface area contributed by atoms with Crippen molar-refractivity contribution in [3.05, 3.63) is 69.8 Å². The molecule has 0 unspecified atom stereocenters. The normalized spacial score (nSPS) is 16.8. The summed E-state index contributed by atoms with van der Waals surface area (Å²) in [6.45, 7) is 3.49. The molecule has 0 saturated heterocycles. The van der Waals surface area contributed by atoms with Crippen LogP contribution in [0.3, 0.4) is 0 Å². The number of ether oxygens (including phenoxy) is 1. The Morgan fingerprint density at radius 3 is 2.22 bits per heavy atom. The van der Waals surface area contributed by atoms with Crippen LogP contribution in [0.25, 0.3) is 0 Å². The second kappa shape index (κ2) is 10.6. The van der Waals surface area contributed by atoms with Gasteiger partial charge in [0.25, 0.3) is 5.91 Å². The van der Waals surface area contributed by atoms with Gasteiger partial charge in [-0.3, -0.25) is 14.5 Å². The van der Waals surface area contributed by atoms with Crippen molar-refractivity contribution in [1.82, 2.24) is 0 Å². The van der Waals surface area contributed by atoms with E-state index in [0.29, 0.717) is 30.6 Å². The van der Waals surface area contributed by atoms with Crippen molar-refractivity contribution in [1.29, 1.82) is 0 Å². The lowest BCUT2D eigenvalue weighted by atomic mass is 9.86. The first-order valence-corrected chi connectivity index (χ1v) is 12.8. The number of anilines is 1. The molecule has 0 spiro atoms. The Balaban J connectivity index is 1.87. The first-order chi connectivity index (χ1) is 17.1. The number of nitrogens with zero attached hydrogens (tertiary/aromatic N) is 1. The molecule has 4 rings (SSSR count). The molecule has 0 aliphatic heterocycles. The van der Waals surface area contributed by atoms with E-state index in [-0.39, 0.29) is 28.0 Å². The summed E-state index contributed by atoms with van der Waals surface area (Å²) in [4.78, 5) is 27.6. The van der Waals surface area contributed by atoms with Crippen LogP contribution in [0.1, 0.15) is 70.8 Å². The van der Waals surface area contributed by atoms with Crippen molar-refractivity contribution >= 4 is 29.1 Å². The van der Waals surface area contributed by atoms with Crippen molar-refractivity contribution in [3.63, 3.8) is 0 Å². The van der Waals surface area contributed by atoms with Crippen LogP contribution in [0.2, 0.25) is 5.02 Å². The zero-order valence-corrected chi connectivity index (χ0v) is 21.3. The van der Waals surface area contributed by atoms with Gasteiger partial charge in [0.1, 0.15) is 17.4 Å². The minimum absolute atomic E-state index is 0.0300. The predicted molar refractivity (Wildman–Crippen MR) is 136 cm³/mol. The monoisotopic (exact) mass is 516 g/mol. The summed E-state index contributed by atoms with van der Waals surface area (Å²) in [5.41, 5.74) is 5.58. The largest absolute Gasteiger partial charge is 0.489 e. The van der Waals surface area contributed by atoms with Gasteiger partial charge in [-0.2, -0.15) is 0 Å². The van der Waals surface area contributed by atoms with E-state index in [1.165, 1.54) is 23.1 Å². The maximum Gasteiger partial charge on any atom is 0.255 e. The van der Waals surface area contributed by atoms with E-state index in [2.05, 4.69) is 0 Å². The molecule has 0 atom stereocenters. The zero-order valence-electron chi connectivity index (χ0n) is 20.6. The number of nitrogens with two attached hydrogens (primary N) is 1. The third-order valence-electron chi connectivity index (χ3n) is 7.17. The second-order valence-corrected chi connectivity index (χ2v) is 10.4. The number of rotatable bonds is 7. The predicted octanol–water partition coefficient (Wildman–Crippen LogP) is 6.56. The van der Waals surface area contributed by atoms with Crippen LogP contribution in [0.4, 0.5) is 14.5 Å². The fraction of sp³-hybridized carbons (Fsp3) is 0.429. The van der Waals surface area contributed by atoms with E-state index < -0.39 is 29.0 Å². The minimum Gasteiger partial charge on any atom is -0.489 e. The highest BCUT2D eigenvalue weighted by molar-refractivity contribution is 6.32. The Morgan fingerprint density at radius 2 is 1.61 bits per heavy atom. The minimum atomic E-state index is -1.13. The van der Waals surface area contributed by atoms with Gasteiger partial charge in [0.05, 0.1) is 22.4 Å². The standard InChI is InChI=1S/C28H31ClF2N2O3/c1-28(2,17-11-13-18(30)14-12-17)33(27(35)21-10-6-5-9-20(21)26(32)34)24-16-25(22(29)15-23(24)31)36-19-7-3-4-8-19/h11-16,19H,3-10H2,1-2H3,(H2,32,34). The van der Waals surface area contributed by atoms with Gasteiger partial charge in [0.2, 0.25) is 5.91 Å². The smallest absolute Gasteiger partial charge is 0.255 e. The van der Waals surface area contributed by atoms with E-state index in [1.807, 2.05) is 0 Å². The average molecular weight is 517 g/mol. The first kappa shape index (κ1) is 26.1. The molecule has 2 aliphatic carbocycles. The maximum absolute atomic E-state index is 15.6. The Hall–Kier alpha value is -2.93. The number of benzene rings is 2. The molecule has 2 aliphatic rings. The molecule has 2 aromatic rings. The molecule has 2 aromatic carbocycles. The number of carbonyl (C=O) groups is 2. The summed E-state index contributed by atoms with van der Waals surface area (Å²) >= 11 is 6.35. The lowest BCUT2D eigenvalue weighted by Crippen LogP contribution is -2.48. The van der Waals surface area contributed by atoms with Crippen LogP contribution < -0.4 is 15.4 Å². The summed E-state index contributed by atoms with van der Waals surface area (Å²) in [5, 5.41) is 0.116. The highest BCUT2D eigenvalue weighted by Gasteiger charge is 2.39. The lowest BCUT2D eigenvalue weighted by molar-refractivity contribution is -0.118. The number of amides is 2.